The molecule has 7 heteroatoms. The number of hydrazone groups is 1. The van der Waals surface area contributed by atoms with E-state index in [1.54, 1.807) is 55.5 Å². The van der Waals surface area contributed by atoms with Crippen LogP contribution in [-0.4, -0.2) is 11.6 Å². The van der Waals surface area contributed by atoms with Gasteiger partial charge in [-0.15, -0.1) is 0 Å². The summed E-state index contributed by atoms with van der Waals surface area (Å²) in [7, 11) is 0. The molecule has 1 aliphatic heterocycles. The Balaban J connectivity index is 1.64. The van der Waals surface area contributed by atoms with Gasteiger partial charge in [0.1, 0.15) is 12.4 Å². The molecule has 0 radical (unpaired) electrons. The van der Waals surface area contributed by atoms with Gasteiger partial charge in [0.15, 0.2) is 0 Å². The zero-order valence-corrected chi connectivity index (χ0v) is 18.7. The SMILES string of the molecule is CC1=NN(c2cccc(Cl)c2)C(=O)/C1=C/c1cc(Cl)ccc1OCc1ccccc1Cl. The molecule has 0 bridgehead atoms. The van der Waals surface area contributed by atoms with Crippen molar-refractivity contribution in [1.82, 2.24) is 0 Å². The quantitative estimate of drug-likeness (QED) is 0.375. The fourth-order valence-electron chi connectivity index (χ4n) is 3.16. The van der Waals surface area contributed by atoms with E-state index in [0.717, 1.165) is 5.56 Å². The molecule has 156 valence electrons. The first-order valence-electron chi connectivity index (χ1n) is 9.45. The Bertz CT molecular complexity index is 1220. The summed E-state index contributed by atoms with van der Waals surface area (Å²) in [6.07, 6.45) is 1.74. The molecule has 0 unspecified atom stereocenters. The summed E-state index contributed by atoms with van der Waals surface area (Å²) in [6, 6.07) is 19.7. The molecule has 1 amide bonds. The summed E-state index contributed by atoms with van der Waals surface area (Å²) < 4.78 is 6.00. The predicted octanol–water partition coefficient (Wildman–Crippen LogP) is 7.03. The third kappa shape index (κ3) is 4.77. The van der Waals surface area contributed by atoms with Gasteiger partial charge in [-0.1, -0.05) is 59.1 Å². The Morgan fingerprint density at radius 1 is 0.968 bits per heavy atom. The second-order valence-electron chi connectivity index (χ2n) is 6.90. The minimum atomic E-state index is -0.253. The van der Waals surface area contributed by atoms with E-state index in [4.69, 9.17) is 39.5 Å². The van der Waals surface area contributed by atoms with Crippen LogP contribution >= 0.6 is 34.8 Å². The summed E-state index contributed by atoms with van der Waals surface area (Å²) in [5.41, 5.74) is 3.17. The molecule has 1 aliphatic rings. The lowest BCUT2D eigenvalue weighted by atomic mass is 10.1. The molecular formula is C24H17Cl3N2O2. The topological polar surface area (TPSA) is 41.9 Å². The maximum absolute atomic E-state index is 13.1. The van der Waals surface area contributed by atoms with E-state index < -0.39 is 0 Å². The predicted molar refractivity (Wildman–Crippen MR) is 127 cm³/mol. The van der Waals surface area contributed by atoms with Crippen molar-refractivity contribution >= 4 is 58.2 Å². The Labute approximate surface area is 195 Å². The van der Waals surface area contributed by atoms with E-state index in [0.29, 0.717) is 43.4 Å². The third-order valence-corrected chi connectivity index (χ3v) is 5.57. The third-order valence-electron chi connectivity index (χ3n) is 4.73. The highest BCUT2D eigenvalue weighted by atomic mass is 35.5. The number of hydrogen-bond acceptors (Lipinski definition) is 3. The van der Waals surface area contributed by atoms with Crippen molar-refractivity contribution in [3.8, 4) is 5.75 Å². The van der Waals surface area contributed by atoms with Gasteiger partial charge in [0.25, 0.3) is 5.91 Å². The van der Waals surface area contributed by atoms with Crippen molar-refractivity contribution in [3.05, 3.63) is 98.5 Å². The number of carbonyl (C=O) groups excluding carboxylic acids is 1. The summed E-state index contributed by atoms with van der Waals surface area (Å²) >= 11 is 18.5. The van der Waals surface area contributed by atoms with Crippen LogP contribution in [0.3, 0.4) is 0 Å². The highest BCUT2D eigenvalue weighted by Gasteiger charge is 2.29. The van der Waals surface area contributed by atoms with E-state index in [2.05, 4.69) is 5.10 Å². The molecule has 0 aliphatic carbocycles. The molecule has 0 saturated heterocycles. The van der Waals surface area contributed by atoms with Crippen molar-refractivity contribution in [3.63, 3.8) is 0 Å². The molecule has 1 heterocycles. The van der Waals surface area contributed by atoms with Crippen LogP contribution in [0, 0.1) is 0 Å². The van der Waals surface area contributed by atoms with Crippen LogP contribution in [0.25, 0.3) is 6.08 Å². The molecule has 0 fully saturated rings. The van der Waals surface area contributed by atoms with Gasteiger partial charge in [-0.05, 0) is 55.5 Å². The van der Waals surface area contributed by atoms with Gasteiger partial charge in [-0.2, -0.15) is 10.1 Å². The first kappa shape index (κ1) is 21.4. The molecule has 0 spiro atoms. The van der Waals surface area contributed by atoms with Gasteiger partial charge in [0.05, 0.1) is 17.0 Å². The van der Waals surface area contributed by atoms with Crippen molar-refractivity contribution in [2.45, 2.75) is 13.5 Å². The molecular weight excluding hydrogens is 455 g/mol. The number of hydrogen-bond donors (Lipinski definition) is 0. The Hall–Kier alpha value is -2.79. The first-order valence-corrected chi connectivity index (χ1v) is 10.6. The van der Waals surface area contributed by atoms with E-state index >= 15 is 0 Å². The maximum Gasteiger partial charge on any atom is 0.280 e. The minimum absolute atomic E-state index is 0.253. The largest absolute Gasteiger partial charge is 0.488 e. The molecule has 0 saturated carbocycles. The van der Waals surface area contributed by atoms with E-state index in [9.17, 15) is 4.79 Å². The van der Waals surface area contributed by atoms with Crippen molar-refractivity contribution < 1.29 is 9.53 Å². The highest BCUT2D eigenvalue weighted by molar-refractivity contribution is 6.34. The van der Waals surface area contributed by atoms with Crippen LogP contribution in [-0.2, 0) is 11.4 Å². The van der Waals surface area contributed by atoms with Crippen LogP contribution in [0.15, 0.2) is 77.4 Å². The van der Waals surface area contributed by atoms with E-state index in [1.165, 1.54) is 5.01 Å². The van der Waals surface area contributed by atoms with Gasteiger partial charge < -0.3 is 4.74 Å². The number of nitrogens with zero attached hydrogens (tertiary/aromatic N) is 2. The number of carbonyl (C=O) groups is 1. The zero-order chi connectivity index (χ0) is 22.0. The van der Waals surface area contributed by atoms with Crippen LogP contribution < -0.4 is 9.75 Å². The lowest BCUT2D eigenvalue weighted by Crippen LogP contribution is -2.21. The van der Waals surface area contributed by atoms with Crippen molar-refractivity contribution in [1.29, 1.82) is 0 Å². The smallest absolute Gasteiger partial charge is 0.280 e. The number of ether oxygens (including phenoxy) is 1. The van der Waals surface area contributed by atoms with Crippen LogP contribution in [0.5, 0.6) is 5.75 Å². The molecule has 3 aromatic rings. The van der Waals surface area contributed by atoms with Crippen LogP contribution in [0.4, 0.5) is 5.69 Å². The molecule has 3 aromatic carbocycles. The second-order valence-corrected chi connectivity index (χ2v) is 8.18. The fraction of sp³-hybridized carbons (Fsp3) is 0.0833. The molecule has 4 rings (SSSR count). The highest BCUT2D eigenvalue weighted by Crippen LogP contribution is 2.31. The summed E-state index contributed by atoms with van der Waals surface area (Å²) in [6.45, 7) is 2.07. The average molecular weight is 472 g/mol. The fourth-order valence-corrected chi connectivity index (χ4v) is 3.71. The van der Waals surface area contributed by atoms with Gasteiger partial charge in [-0.3, -0.25) is 4.79 Å². The van der Waals surface area contributed by atoms with Gasteiger partial charge >= 0.3 is 0 Å². The second kappa shape index (κ2) is 9.15. The van der Waals surface area contributed by atoms with Crippen molar-refractivity contribution in [2.75, 3.05) is 5.01 Å². The van der Waals surface area contributed by atoms with Crippen LogP contribution in [0.1, 0.15) is 18.1 Å². The number of amides is 1. The molecule has 0 atom stereocenters. The Morgan fingerprint density at radius 3 is 2.52 bits per heavy atom. The Kier molecular flexibility index (Phi) is 6.33. The number of rotatable bonds is 5. The molecule has 0 N–H and O–H groups in total. The van der Waals surface area contributed by atoms with E-state index in [1.807, 2.05) is 24.3 Å². The normalized spacial score (nSPS) is 14.8. The number of benzene rings is 3. The standard InChI is InChI=1S/C24H17Cl3N2O2/c1-15-21(24(30)29(28-15)20-7-4-6-18(25)13-20)12-17-11-19(26)9-10-23(17)31-14-16-5-2-3-8-22(16)27/h2-13H,14H2,1H3/b21-12+. The summed E-state index contributed by atoms with van der Waals surface area (Å²) in [5.74, 6) is 0.329. The summed E-state index contributed by atoms with van der Waals surface area (Å²) in [5, 5.41) is 7.42. The van der Waals surface area contributed by atoms with Gasteiger partial charge in [0, 0.05) is 26.2 Å². The minimum Gasteiger partial charge on any atom is -0.488 e. The number of anilines is 1. The molecule has 4 nitrogen and oxygen atoms in total. The summed E-state index contributed by atoms with van der Waals surface area (Å²) in [4.78, 5) is 13.1. The average Bonchev–Trinajstić information content (AvgIpc) is 3.02. The monoisotopic (exact) mass is 470 g/mol. The molecule has 31 heavy (non-hydrogen) atoms. The van der Waals surface area contributed by atoms with Crippen LogP contribution in [0.2, 0.25) is 15.1 Å². The van der Waals surface area contributed by atoms with E-state index in [-0.39, 0.29) is 12.5 Å². The van der Waals surface area contributed by atoms with Gasteiger partial charge in [0.2, 0.25) is 0 Å². The zero-order valence-electron chi connectivity index (χ0n) is 16.5. The lowest BCUT2D eigenvalue weighted by molar-refractivity contribution is -0.114. The van der Waals surface area contributed by atoms with Crippen molar-refractivity contribution in [2.24, 2.45) is 5.10 Å². The maximum atomic E-state index is 13.1. The molecule has 0 aromatic heterocycles. The van der Waals surface area contributed by atoms with Gasteiger partial charge in [-0.25, -0.2) is 0 Å². The number of halogens is 3. The first-order chi connectivity index (χ1) is 14.9. The Morgan fingerprint density at radius 2 is 1.74 bits per heavy atom. The lowest BCUT2D eigenvalue weighted by Gasteiger charge is -2.13.